The first-order chi connectivity index (χ1) is 7.80. The Labute approximate surface area is 100 Å². The molecule has 0 aromatic heterocycles. The lowest BCUT2D eigenvalue weighted by molar-refractivity contribution is 0.00705. The van der Waals surface area contributed by atoms with Gasteiger partial charge in [0.15, 0.2) is 0 Å². The van der Waals surface area contributed by atoms with Gasteiger partial charge >= 0.3 is 0 Å². The van der Waals surface area contributed by atoms with E-state index in [9.17, 15) is 10.2 Å². The molecule has 0 aromatic carbocycles. The molecule has 0 bridgehead atoms. The first-order valence-corrected chi connectivity index (χ1v) is 7.17. The molecule has 0 aliphatic heterocycles. The van der Waals surface area contributed by atoms with Gasteiger partial charge in [-0.1, -0.05) is 64.2 Å². The van der Waals surface area contributed by atoms with Gasteiger partial charge in [0.25, 0.3) is 0 Å². The number of aliphatic hydroxyl groups excluding tert-OH is 2. The number of rotatable bonds is 0. The van der Waals surface area contributed by atoms with Crippen LogP contribution in [0.15, 0.2) is 0 Å². The minimum atomic E-state index is -0.483. The van der Waals surface area contributed by atoms with Crippen LogP contribution in [0.3, 0.4) is 0 Å². The fourth-order valence-corrected chi connectivity index (χ4v) is 2.51. The van der Waals surface area contributed by atoms with Crippen LogP contribution < -0.4 is 0 Å². The summed E-state index contributed by atoms with van der Waals surface area (Å²) in [5.41, 5.74) is 0. The van der Waals surface area contributed by atoms with E-state index in [-0.39, 0.29) is 0 Å². The summed E-state index contributed by atoms with van der Waals surface area (Å²) in [6.45, 7) is 0. The summed E-state index contributed by atoms with van der Waals surface area (Å²) < 4.78 is 0. The third-order valence-electron chi connectivity index (χ3n) is 3.69. The van der Waals surface area contributed by atoms with E-state index in [1.807, 2.05) is 0 Å². The topological polar surface area (TPSA) is 40.5 Å². The maximum Gasteiger partial charge on any atom is 0.0799 e. The van der Waals surface area contributed by atoms with E-state index < -0.39 is 12.2 Å². The normalized spacial score (nSPS) is 31.9. The highest BCUT2D eigenvalue weighted by molar-refractivity contribution is 4.67. The molecule has 0 heterocycles. The molecule has 16 heavy (non-hydrogen) atoms. The van der Waals surface area contributed by atoms with Gasteiger partial charge in [0.2, 0.25) is 0 Å². The second-order valence-electron chi connectivity index (χ2n) is 5.25. The molecule has 0 spiro atoms. The van der Waals surface area contributed by atoms with Gasteiger partial charge in [-0.3, -0.25) is 0 Å². The summed E-state index contributed by atoms with van der Waals surface area (Å²) in [5, 5.41) is 19.5. The average molecular weight is 228 g/mol. The van der Waals surface area contributed by atoms with Crippen molar-refractivity contribution in [1.29, 1.82) is 0 Å². The van der Waals surface area contributed by atoms with E-state index in [4.69, 9.17) is 0 Å². The fourth-order valence-electron chi connectivity index (χ4n) is 2.51. The Morgan fingerprint density at radius 3 is 1.00 bits per heavy atom. The monoisotopic (exact) mass is 228 g/mol. The molecule has 2 atom stereocenters. The highest BCUT2D eigenvalue weighted by Crippen LogP contribution is 2.17. The quantitative estimate of drug-likeness (QED) is 0.667. The highest BCUT2D eigenvalue weighted by atomic mass is 16.3. The zero-order valence-electron chi connectivity index (χ0n) is 10.5. The van der Waals surface area contributed by atoms with Crippen LogP contribution in [0, 0.1) is 0 Å². The number of hydrogen-bond acceptors (Lipinski definition) is 2. The van der Waals surface area contributed by atoms with Crippen LogP contribution in [0.1, 0.15) is 77.0 Å². The molecule has 0 amide bonds. The molecular formula is C14H28O2. The molecule has 2 N–H and O–H groups in total. The molecular weight excluding hydrogens is 200 g/mol. The Hall–Kier alpha value is -0.0800. The Balaban J connectivity index is 2.21. The van der Waals surface area contributed by atoms with Crippen molar-refractivity contribution in [3.63, 3.8) is 0 Å². The molecule has 0 radical (unpaired) electrons. The van der Waals surface area contributed by atoms with Gasteiger partial charge in [-0.2, -0.15) is 0 Å². The van der Waals surface area contributed by atoms with Gasteiger partial charge < -0.3 is 10.2 Å². The molecule has 2 nitrogen and oxygen atoms in total. The second kappa shape index (κ2) is 9.00. The Kier molecular flexibility index (Phi) is 7.87. The van der Waals surface area contributed by atoms with Crippen LogP contribution in [0.4, 0.5) is 0 Å². The first-order valence-electron chi connectivity index (χ1n) is 7.17. The van der Waals surface area contributed by atoms with Gasteiger partial charge in [0.05, 0.1) is 12.2 Å². The van der Waals surface area contributed by atoms with Crippen LogP contribution in [-0.2, 0) is 0 Å². The average Bonchev–Trinajstić information content (AvgIpc) is 2.29. The van der Waals surface area contributed by atoms with Crippen molar-refractivity contribution in [2.45, 2.75) is 89.3 Å². The van der Waals surface area contributed by atoms with Gasteiger partial charge in [-0.15, -0.1) is 0 Å². The smallest absolute Gasteiger partial charge is 0.0799 e. The van der Waals surface area contributed by atoms with Crippen LogP contribution in [0.5, 0.6) is 0 Å². The van der Waals surface area contributed by atoms with Gasteiger partial charge in [-0.25, -0.2) is 0 Å². The molecule has 96 valence electrons. The molecule has 1 aliphatic rings. The predicted octanol–water partition coefficient (Wildman–Crippen LogP) is 3.40. The van der Waals surface area contributed by atoms with Crippen LogP contribution >= 0.6 is 0 Å². The van der Waals surface area contributed by atoms with Crippen molar-refractivity contribution in [2.24, 2.45) is 0 Å². The fraction of sp³-hybridized carbons (Fsp3) is 1.00. The lowest BCUT2D eigenvalue weighted by atomic mass is 9.98. The van der Waals surface area contributed by atoms with Gasteiger partial charge in [0.1, 0.15) is 0 Å². The van der Waals surface area contributed by atoms with Gasteiger partial charge in [-0.05, 0) is 12.8 Å². The zero-order valence-corrected chi connectivity index (χ0v) is 10.5. The van der Waals surface area contributed by atoms with E-state index in [0.29, 0.717) is 0 Å². The minimum absolute atomic E-state index is 0.483. The van der Waals surface area contributed by atoms with Gasteiger partial charge in [0, 0.05) is 0 Å². The van der Waals surface area contributed by atoms with Crippen LogP contribution in [0.2, 0.25) is 0 Å². The second-order valence-corrected chi connectivity index (χ2v) is 5.25. The lowest BCUT2D eigenvalue weighted by Gasteiger charge is -2.18. The molecule has 0 saturated heterocycles. The molecule has 1 aliphatic carbocycles. The SMILES string of the molecule is OC1CCCCCCCCCCCCC1O. The summed E-state index contributed by atoms with van der Waals surface area (Å²) in [5.74, 6) is 0. The first kappa shape index (κ1) is 14.0. The number of aliphatic hydroxyl groups is 2. The Morgan fingerprint density at radius 2 is 0.688 bits per heavy atom. The van der Waals surface area contributed by atoms with Crippen molar-refractivity contribution in [1.82, 2.24) is 0 Å². The summed E-state index contributed by atoms with van der Waals surface area (Å²) in [4.78, 5) is 0. The maximum absolute atomic E-state index is 9.74. The molecule has 0 aromatic rings. The third kappa shape index (κ3) is 6.49. The van der Waals surface area contributed by atoms with E-state index in [1.54, 1.807) is 0 Å². The molecule has 2 heteroatoms. The van der Waals surface area contributed by atoms with Crippen molar-refractivity contribution in [2.75, 3.05) is 0 Å². The zero-order chi connectivity index (χ0) is 11.6. The molecule has 1 fully saturated rings. The van der Waals surface area contributed by atoms with Crippen molar-refractivity contribution in [3.8, 4) is 0 Å². The van der Waals surface area contributed by atoms with E-state index in [1.165, 1.54) is 51.4 Å². The van der Waals surface area contributed by atoms with Crippen LogP contribution in [-0.4, -0.2) is 22.4 Å². The highest BCUT2D eigenvalue weighted by Gasteiger charge is 2.15. The van der Waals surface area contributed by atoms with Crippen molar-refractivity contribution < 1.29 is 10.2 Å². The summed E-state index contributed by atoms with van der Waals surface area (Å²) in [7, 11) is 0. The summed E-state index contributed by atoms with van der Waals surface area (Å²) >= 11 is 0. The Morgan fingerprint density at radius 1 is 0.438 bits per heavy atom. The standard InChI is InChI=1S/C14H28O2/c15-13-11-9-7-5-3-1-2-4-6-8-10-12-14(13)16/h13-16H,1-12H2. The largest absolute Gasteiger partial charge is 0.390 e. The number of hydrogen-bond donors (Lipinski definition) is 2. The third-order valence-corrected chi connectivity index (χ3v) is 3.69. The summed E-state index contributed by atoms with van der Waals surface area (Å²) in [6.07, 6.45) is 13.2. The molecule has 2 unspecified atom stereocenters. The lowest BCUT2D eigenvalue weighted by Crippen LogP contribution is -2.25. The van der Waals surface area contributed by atoms with Crippen molar-refractivity contribution in [3.05, 3.63) is 0 Å². The predicted molar refractivity (Wildman–Crippen MR) is 67.4 cm³/mol. The molecule has 1 rings (SSSR count). The molecule has 1 saturated carbocycles. The minimum Gasteiger partial charge on any atom is -0.390 e. The Bertz CT molecular complexity index is 141. The van der Waals surface area contributed by atoms with Crippen LogP contribution in [0.25, 0.3) is 0 Å². The van der Waals surface area contributed by atoms with E-state index in [2.05, 4.69) is 0 Å². The van der Waals surface area contributed by atoms with E-state index in [0.717, 1.165) is 25.7 Å². The maximum atomic E-state index is 9.74. The van der Waals surface area contributed by atoms with Crippen molar-refractivity contribution >= 4 is 0 Å². The van der Waals surface area contributed by atoms with E-state index >= 15 is 0 Å². The summed E-state index contributed by atoms with van der Waals surface area (Å²) in [6, 6.07) is 0.